The van der Waals surface area contributed by atoms with Gasteiger partial charge in [0.2, 0.25) is 0 Å². The summed E-state index contributed by atoms with van der Waals surface area (Å²) >= 11 is 0. The first-order chi connectivity index (χ1) is 20.7. The lowest BCUT2D eigenvalue weighted by molar-refractivity contribution is 0.0219. The second-order valence-corrected chi connectivity index (χ2v) is 11.3. The Kier molecular flexibility index (Phi) is 12.8. The standard InChI is InChI=1S/C32H39NO7.C3H8/c1-6-39-31(35)25-19-33-26(18-27(25)34)24-17-28(37-5)29(40-14-10-13-36-4)15-23(24)16-30(33)32(2,3)21-38-20-22-11-8-7-9-12-22;1-3-2/h7-9,11-12,15,17-19,30H,6,10,13-14,16,20-21H2,1-5H3;3H2,1-2H3. The van der Waals surface area contributed by atoms with Gasteiger partial charge in [0.05, 0.1) is 39.2 Å². The number of carbonyl (C=O) groups excluding carboxylic acids is 1. The van der Waals surface area contributed by atoms with E-state index in [2.05, 4.69) is 27.7 Å². The number of rotatable bonds is 13. The molecule has 3 aromatic rings. The van der Waals surface area contributed by atoms with E-state index in [1.54, 1.807) is 27.3 Å². The average molecular weight is 594 g/mol. The molecule has 2 heterocycles. The van der Waals surface area contributed by atoms with Crippen molar-refractivity contribution in [1.82, 2.24) is 4.57 Å². The third-order valence-corrected chi connectivity index (χ3v) is 7.23. The zero-order chi connectivity index (χ0) is 31.4. The van der Waals surface area contributed by atoms with E-state index >= 15 is 0 Å². The molecule has 0 radical (unpaired) electrons. The minimum atomic E-state index is -0.622. The van der Waals surface area contributed by atoms with Crippen LogP contribution in [-0.2, 0) is 27.2 Å². The molecule has 0 amide bonds. The van der Waals surface area contributed by atoms with E-state index in [4.69, 9.17) is 23.7 Å². The molecule has 1 aromatic heterocycles. The van der Waals surface area contributed by atoms with Crippen molar-refractivity contribution in [2.45, 2.75) is 66.5 Å². The summed E-state index contributed by atoms with van der Waals surface area (Å²) in [6, 6.07) is 15.4. The first-order valence-corrected chi connectivity index (χ1v) is 15.1. The number of esters is 1. The monoisotopic (exact) mass is 593 g/mol. The van der Waals surface area contributed by atoms with E-state index < -0.39 is 5.97 Å². The fraction of sp³-hybridized carbons (Fsp3) is 0.486. The molecule has 43 heavy (non-hydrogen) atoms. The van der Waals surface area contributed by atoms with Gasteiger partial charge in [-0.05, 0) is 36.6 Å². The van der Waals surface area contributed by atoms with E-state index in [1.165, 1.54) is 12.5 Å². The van der Waals surface area contributed by atoms with E-state index in [9.17, 15) is 9.59 Å². The predicted molar refractivity (Wildman–Crippen MR) is 169 cm³/mol. The van der Waals surface area contributed by atoms with Crippen LogP contribution in [0.3, 0.4) is 0 Å². The van der Waals surface area contributed by atoms with Crippen LogP contribution in [0.4, 0.5) is 0 Å². The molecule has 4 rings (SSSR count). The van der Waals surface area contributed by atoms with Crippen LogP contribution < -0.4 is 14.9 Å². The lowest BCUT2D eigenvalue weighted by Gasteiger charge is -2.41. The van der Waals surface area contributed by atoms with Crippen molar-refractivity contribution in [2.75, 3.05) is 40.6 Å². The predicted octanol–water partition coefficient (Wildman–Crippen LogP) is 6.87. The quantitative estimate of drug-likeness (QED) is 0.158. The Labute approximate surface area is 255 Å². The first kappa shape index (κ1) is 33.9. The zero-order valence-corrected chi connectivity index (χ0v) is 26.7. The smallest absolute Gasteiger partial charge is 0.343 e. The van der Waals surface area contributed by atoms with Gasteiger partial charge in [-0.2, -0.15) is 0 Å². The van der Waals surface area contributed by atoms with Crippen LogP contribution >= 0.6 is 0 Å². The molecule has 0 aliphatic carbocycles. The highest BCUT2D eigenvalue weighted by atomic mass is 16.5. The molecular formula is C35H47NO7. The highest BCUT2D eigenvalue weighted by Gasteiger charge is 2.37. The maximum atomic E-state index is 13.1. The number of ether oxygens (including phenoxy) is 5. The van der Waals surface area contributed by atoms with Gasteiger partial charge in [-0.3, -0.25) is 4.79 Å². The Morgan fingerprint density at radius 1 is 1.00 bits per heavy atom. The first-order valence-electron chi connectivity index (χ1n) is 15.1. The number of carbonyl (C=O) groups is 1. The molecule has 0 saturated heterocycles. The van der Waals surface area contributed by atoms with Crippen LogP contribution in [0.25, 0.3) is 11.3 Å². The van der Waals surface area contributed by atoms with Gasteiger partial charge in [0.25, 0.3) is 0 Å². The molecule has 1 aliphatic heterocycles. The molecule has 1 aliphatic rings. The maximum absolute atomic E-state index is 13.1. The highest BCUT2D eigenvalue weighted by molar-refractivity contribution is 5.89. The number of benzene rings is 2. The van der Waals surface area contributed by atoms with Crippen molar-refractivity contribution in [3.63, 3.8) is 0 Å². The molecule has 8 nitrogen and oxygen atoms in total. The van der Waals surface area contributed by atoms with Gasteiger partial charge in [0.15, 0.2) is 16.9 Å². The summed E-state index contributed by atoms with van der Waals surface area (Å²) in [4.78, 5) is 25.8. The van der Waals surface area contributed by atoms with Gasteiger partial charge in [-0.15, -0.1) is 0 Å². The minimum Gasteiger partial charge on any atom is -0.493 e. The number of aromatic nitrogens is 1. The topological polar surface area (TPSA) is 85.2 Å². The van der Waals surface area contributed by atoms with Crippen molar-refractivity contribution in [1.29, 1.82) is 0 Å². The Morgan fingerprint density at radius 2 is 1.72 bits per heavy atom. The fourth-order valence-electron chi connectivity index (χ4n) is 5.11. The van der Waals surface area contributed by atoms with Crippen molar-refractivity contribution in [3.05, 3.63) is 81.6 Å². The van der Waals surface area contributed by atoms with Gasteiger partial charge < -0.3 is 28.3 Å². The number of fused-ring (bicyclic) bond motifs is 3. The van der Waals surface area contributed by atoms with Gasteiger partial charge in [-0.1, -0.05) is 64.4 Å². The molecule has 0 spiro atoms. The fourth-order valence-corrected chi connectivity index (χ4v) is 5.11. The molecule has 0 bridgehead atoms. The molecule has 2 aromatic carbocycles. The Hall–Kier alpha value is -3.62. The van der Waals surface area contributed by atoms with Gasteiger partial charge in [0, 0.05) is 49.4 Å². The Balaban J connectivity index is 0.00000162. The normalized spacial score (nSPS) is 13.7. The minimum absolute atomic E-state index is 0.0186. The molecule has 8 heteroatoms. The molecule has 0 N–H and O–H groups in total. The maximum Gasteiger partial charge on any atom is 0.343 e. The van der Waals surface area contributed by atoms with Gasteiger partial charge in [-0.25, -0.2) is 4.79 Å². The average Bonchev–Trinajstić information content (AvgIpc) is 2.99. The summed E-state index contributed by atoms with van der Waals surface area (Å²) in [7, 11) is 3.26. The highest BCUT2D eigenvalue weighted by Crippen LogP contribution is 2.46. The van der Waals surface area contributed by atoms with Crippen molar-refractivity contribution >= 4 is 5.97 Å². The second kappa shape index (κ2) is 16.3. The molecule has 234 valence electrons. The third kappa shape index (κ3) is 8.71. The van der Waals surface area contributed by atoms with Crippen LogP contribution in [0.15, 0.2) is 59.5 Å². The van der Waals surface area contributed by atoms with Crippen LogP contribution in [0.5, 0.6) is 11.5 Å². The molecule has 1 unspecified atom stereocenters. The number of nitrogens with zero attached hydrogens (tertiary/aromatic N) is 1. The zero-order valence-electron chi connectivity index (χ0n) is 26.7. The summed E-state index contributed by atoms with van der Waals surface area (Å²) in [6.07, 6.45) is 4.29. The van der Waals surface area contributed by atoms with Crippen molar-refractivity contribution in [3.8, 4) is 22.8 Å². The summed E-state index contributed by atoms with van der Waals surface area (Å²) in [5.74, 6) is 0.601. The lowest BCUT2D eigenvalue weighted by Crippen LogP contribution is -2.37. The number of methoxy groups -OCH3 is 2. The second-order valence-electron chi connectivity index (χ2n) is 11.3. The SMILES string of the molecule is CCC.CCOC(=O)c1cn2c(cc1=O)-c1cc(OC)c(OCCCOC)cc1CC2C(C)(C)COCc1ccccc1. The van der Waals surface area contributed by atoms with E-state index in [1.807, 2.05) is 47.0 Å². The van der Waals surface area contributed by atoms with Crippen LogP contribution in [0.1, 0.15) is 75.0 Å². The number of hydrogen-bond acceptors (Lipinski definition) is 7. The molecule has 0 fully saturated rings. The Bertz CT molecular complexity index is 1380. The lowest BCUT2D eigenvalue weighted by atomic mass is 9.77. The van der Waals surface area contributed by atoms with E-state index in [0.29, 0.717) is 50.0 Å². The number of pyridine rings is 1. The van der Waals surface area contributed by atoms with Gasteiger partial charge >= 0.3 is 5.97 Å². The van der Waals surface area contributed by atoms with E-state index in [0.717, 1.165) is 23.1 Å². The van der Waals surface area contributed by atoms with Gasteiger partial charge in [0.1, 0.15) is 5.56 Å². The Morgan fingerprint density at radius 3 is 2.37 bits per heavy atom. The van der Waals surface area contributed by atoms with Crippen molar-refractivity contribution < 1.29 is 28.5 Å². The van der Waals surface area contributed by atoms with Crippen LogP contribution in [-0.4, -0.2) is 51.2 Å². The van der Waals surface area contributed by atoms with E-state index in [-0.39, 0.29) is 29.1 Å². The van der Waals surface area contributed by atoms with Crippen LogP contribution in [0.2, 0.25) is 0 Å². The summed E-state index contributed by atoms with van der Waals surface area (Å²) < 4.78 is 30.3. The summed E-state index contributed by atoms with van der Waals surface area (Å²) in [6.45, 7) is 12.5. The third-order valence-electron chi connectivity index (χ3n) is 7.23. The largest absolute Gasteiger partial charge is 0.493 e. The summed E-state index contributed by atoms with van der Waals surface area (Å²) in [5, 5.41) is 0. The molecule has 0 saturated carbocycles. The number of hydrogen-bond donors (Lipinski definition) is 0. The summed E-state index contributed by atoms with van der Waals surface area (Å²) in [5.41, 5.74) is 2.99. The molecular weight excluding hydrogens is 546 g/mol. The van der Waals surface area contributed by atoms with Crippen molar-refractivity contribution in [2.24, 2.45) is 5.41 Å². The van der Waals surface area contributed by atoms with Crippen LogP contribution in [0, 0.1) is 5.41 Å². The molecule has 1 atom stereocenters.